The molecule has 0 radical (unpaired) electrons. The molecule has 2 fully saturated rings. The molecule has 1 aromatic rings. The van der Waals surface area contributed by atoms with Crippen molar-refractivity contribution in [2.24, 2.45) is 10.8 Å². The van der Waals surface area contributed by atoms with Gasteiger partial charge in [-0.3, -0.25) is 9.59 Å². The van der Waals surface area contributed by atoms with Crippen LogP contribution < -0.4 is 10.2 Å². The second kappa shape index (κ2) is 9.57. The maximum atomic E-state index is 13.9. The van der Waals surface area contributed by atoms with Crippen molar-refractivity contribution in [3.05, 3.63) is 29.3 Å². The molecule has 2 aliphatic heterocycles. The second-order valence-electron chi connectivity index (χ2n) is 11.9. The molecule has 3 amide bonds. The number of carbonyl (C=O) groups excluding carboxylic acids is 3. The van der Waals surface area contributed by atoms with E-state index in [-0.39, 0.29) is 25.3 Å². The van der Waals surface area contributed by atoms with Crippen LogP contribution in [-0.2, 0) is 19.1 Å². The van der Waals surface area contributed by atoms with Gasteiger partial charge in [0.25, 0.3) is 0 Å². The summed E-state index contributed by atoms with van der Waals surface area (Å²) < 4.78 is 5.36. The molecule has 36 heavy (non-hydrogen) atoms. The van der Waals surface area contributed by atoms with Crippen LogP contribution in [0.4, 0.5) is 10.5 Å². The van der Waals surface area contributed by atoms with E-state index in [9.17, 15) is 24.3 Å². The fourth-order valence-corrected chi connectivity index (χ4v) is 5.33. The van der Waals surface area contributed by atoms with E-state index < -0.39 is 52.5 Å². The number of nitrogens with zero attached hydrogens (tertiary/aromatic N) is 2. The van der Waals surface area contributed by atoms with Gasteiger partial charge < -0.3 is 25.0 Å². The first-order valence-electron chi connectivity index (χ1n) is 12.1. The predicted octanol–water partition coefficient (Wildman–Crippen LogP) is 4.08. The van der Waals surface area contributed by atoms with E-state index in [4.69, 9.17) is 16.3 Å². The van der Waals surface area contributed by atoms with Crippen molar-refractivity contribution in [3.8, 4) is 0 Å². The lowest BCUT2D eigenvalue weighted by molar-refractivity contribution is -0.151. The Hall–Kier alpha value is -2.81. The first kappa shape index (κ1) is 27.8. The van der Waals surface area contributed by atoms with Crippen molar-refractivity contribution in [1.29, 1.82) is 0 Å². The number of nitrogens with one attached hydrogen (secondary N) is 1. The summed E-state index contributed by atoms with van der Waals surface area (Å²) >= 11 is 6.13. The van der Waals surface area contributed by atoms with Crippen LogP contribution in [-0.4, -0.2) is 64.2 Å². The summed E-state index contributed by atoms with van der Waals surface area (Å²) in [4.78, 5) is 54.8. The van der Waals surface area contributed by atoms with Crippen LogP contribution in [0.25, 0.3) is 0 Å². The summed E-state index contributed by atoms with van der Waals surface area (Å²) in [5, 5.41) is 13.2. The lowest BCUT2D eigenvalue weighted by Crippen LogP contribution is -2.59. The molecular formula is C26H36ClN3O6. The lowest BCUT2D eigenvalue weighted by Gasteiger charge is -2.38. The molecule has 1 unspecified atom stereocenters. The van der Waals surface area contributed by atoms with Crippen LogP contribution in [0.3, 0.4) is 0 Å². The quantitative estimate of drug-likeness (QED) is 0.616. The topological polar surface area (TPSA) is 116 Å². The third-order valence-electron chi connectivity index (χ3n) is 6.95. The Morgan fingerprint density at radius 3 is 2.36 bits per heavy atom. The Kier molecular flexibility index (Phi) is 7.39. The van der Waals surface area contributed by atoms with Crippen LogP contribution in [0.1, 0.15) is 61.3 Å². The van der Waals surface area contributed by atoms with Gasteiger partial charge in [-0.2, -0.15) is 0 Å². The van der Waals surface area contributed by atoms with Gasteiger partial charge in [-0.15, -0.1) is 0 Å². The molecule has 9 nitrogen and oxygen atoms in total. The van der Waals surface area contributed by atoms with E-state index >= 15 is 0 Å². The van der Waals surface area contributed by atoms with Crippen molar-refractivity contribution in [2.45, 2.75) is 85.0 Å². The number of carbonyl (C=O) groups is 4. The number of rotatable bonds is 4. The smallest absolute Gasteiger partial charge is 0.408 e. The number of likely N-dealkylation sites (tertiary alicyclic amines) is 1. The van der Waals surface area contributed by atoms with Gasteiger partial charge in [0, 0.05) is 35.1 Å². The summed E-state index contributed by atoms with van der Waals surface area (Å²) in [5.41, 5.74) is -1.62. The van der Waals surface area contributed by atoms with Crippen LogP contribution >= 0.6 is 11.6 Å². The number of alkyl carbamates (subject to hydrolysis) is 1. The number of carboxylic acids is 1. The van der Waals surface area contributed by atoms with E-state index in [1.165, 1.54) is 4.90 Å². The normalized spacial score (nSPS) is 25.3. The van der Waals surface area contributed by atoms with E-state index in [2.05, 4.69) is 5.32 Å². The maximum absolute atomic E-state index is 13.9. The Balaban J connectivity index is 1.93. The Labute approximate surface area is 217 Å². The maximum Gasteiger partial charge on any atom is 0.408 e. The minimum Gasteiger partial charge on any atom is -0.480 e. The number of carboxylic acid groups (broad SMARTS) is 1. The number of hydrogen-bond acceptors (Lipinski definition) is 5. The molecule has 0 bridgehead atoms. The van der Waals surface area contributed by atoms with Gasteiger partial charge in [-0.1, -0.05) is 38.4 Å². The van der Waals surface area contributed by atoms with Gasteiger partial charge in [0.2, 0.25) is 11.8 Å². The predicted molar refractivity (Wildman–Crippen MR) is 136 cm³/mol. The minimum absolute atomic E-state index is 0.105. The highest BCUT2D eigenvalue weighted by molar-refractivity contribution is 6.31. The zero-order valence-electron chi connectivity index (χ0n) is 21.9. The zero-order chi connectivity index (χ0) is 27.2. The molecule has 10 heteroatoms. The molecule has 3 rings (SSSR count). The van der Waals surface area contributed by atoms with Gasteiger partial charge in [-0.05, 0) is 57.7 Å². The SMILES string of the molecule is CC1N(C(=O)[C@@H](NC(=O)OC(C)(C)C)C(C)(C)C)[C@H](C(=O)O)C[C@]12CC(=O)N(c1cccc(Cl)c1)C2. The third-order valence-corrected chi connectivity index (χ3v) is 7.19. The summed E-state index contributed by atoms with van der Waals surface area (Å²) in [7, 11) is 0. The minimum atomic E-state index is -1.15. The molecule has 2 saturated heterocycles. The van der Waals surface area contributed by atoms with Crippen molar-refractivity contribution in [1.82, 2.24) is 10.2 Å². The molecule has 2 aliphatic rings. The Bertz CT molecular complexity index is 1060. The Morgan fingerprint density at radius 1 is 1.19 bits per heavy atom. The van der Waals surface area contributed by atoms with Crippen LogP contribution in [0, 0.1) is 10.8 Å². The average molecular weight is 522 g/mol. The van der Waals surface area contributed by atoms with Gasteiger partial charge in [0.05, 0.1) is 0 Å². The lowest BCUT2D eigenvalue weighted by atomic mass is 9.79. The molecule has 0 saturated carbocycles. The number of hydrogen-bond donors (Lipinski definition) is 2. The fourth-order valence-electron chi connectivity index (χ4n) is 5.14. The monoisotopic (exact) mass is 521 g/mol. The summed E-state index contributed by atoms with van der Waals surface area (Å²) in [6, 6.07) is 4.20. The summed E-state index contributed by atoms with van der Waals surface area (Å²) in [6.07, 6.45) is -0.526. The summed E-state index contributed by atoms with van der Waals surface area (Å²) in [5.74, 6) is -1.81. The first-order chi connectivity index (χ1) is 16.4. The number of anilines is 1. The number of ether oxygens (including phenoxy) is 1. The highest BCUT2D eigenvalue weighted by Crippen LogP contribution is 2.49. The Morgan fingerprint density at radius 2 is 1.83 bits per heavy atom. The van der Waals surface area contributed by atoms with E-state index in [1.54, 1.807) is 77.6 Å². The van der Waals surface area contributed by atoms with Gasteiger partial charge >= 0.3 is 12.1 Å². The van der Waals surface area contributed by atoms with Gasteiger partial charge in [-0.25, -0.2) is 9.59 Å². The van der Waals surface area contributed by atoms with Crippen LogP contribution in [0.2, 0.25) is 5.02 Å². The molecule has 1 spiro atoms. The number of benzene rings is 1. The summed E-state index contributed by atoms with van der Waals surface area (Å²) in [6.45, 7) is 12.6. The molecule has 4 atom stereocenters. The average Bonchev–Trinajstić information content (AvgIpc) is 3.20. The largest absolute Gasteiger partial charge is 0.480 e. The molecule has 0 aromatic heterocycles. The van der Waals surface area contributed by atoms with E-state index in [1.807, 2.05) is 0 Å². The standard InChI is InChI=1S/C26H36ClN3O6/c1-15-26(13-19(31)29(14-26)17-10-8-9-16(27)11-17)12-18(22(33)34)30(15)21(32)20(24(2,3)4)28-23(35)36-25(5,6)7/h8-11,15,18,20H,12-14H2,1-7H3,(H,28,35)(H,33,34)/t15?,18-,20+,26+/m0/s1. The highest BCUT2D eigenvalue weighted by Gasteiger charge is 2.60. The first-order valence-corrected chi connectivity index (χ1v) is 12.4. The van der Waals surface area contributed by atoms with Crippen molar-refractivity contribution < 1.29 is 29.0 Å². The van der Waals surface area contributed by atoms with Crippen molar-refractivity contribution in [2.75, 3.05) is 11.4 Å². The molecule has 2 heterocycles. The molecule has 2 N–H and O–H groups in total. The van der Waals surface area contributed by atoms with E-state index in [0.717, 1.165) is 0 Å². The van der Waals surface area contributed by atoms with Gasteiger partial charge in [0.15, 0.2) is 0 Å². The second-order valence-corrected chi connectivity index (χ2v) is 12.4. The number of amides is 3. The molecular weight excluding hydrogens is 486 g/mol. The number of halogens is 1. The molecule has 1 aromatic carbocycles. The van der Waals surface area contributed by atoms with Crippen LogP contribution in [0.15, 0.2) is 24.3 Å². The highest BCUT2D eigenvalue weighted by atomic mass is 35.5. The van der Waals surface area contributed by atoms with Crippen LogP contribution in [0.5, 0.6) is 0 Å². The third kappa shape index (κ3) is 5.61. The molecule has 0 aliphatic carbocycles. The zero-order valence-corrected chi connectivity index (χ0v) is 22.7. The molecule has 198 valence electrons. The van der Waals surface area contributed by atoms with Crippen molar-refractivity contribution >= 4 is 41.2 Å². The van der Waals surface area contributed by atoms with E-state index in [0.29, 0.717) is 10.7 Å². The van der Waals surface area contributed by atoms with Gasteiger partial charge in [0.1, 0.15) is 17.7 Å². The number of aliphatic carboxylic acids is 1. The fraction of sp³-hybridized carbons (Fsp3) is 0.615. The van der Waals surface area contributed by atoms with Crippen molar-refractivity contribution in [3.63, 3.8) is 0 Å².